The molecule has 3 aliphatic rings. The van der Waals surface area contributed by atoms with Crippen molar-refractivity contribution in [3.05, 3.63) is 35.9 Å². The van der Waals surface area contributed by atoms with Crippen LogP contribution in [0.15, 0.2) is 30.3 Å². The molecule has 152 valence electrons. The summed E-state index contributed by atoms with van der Waals surface area (Å²) in [6, 6.07) is 10.6. The number of carbonyl (C=O) groups excluding carboxylic acids is 2. The van der Waals surface area contributed by atoms with Crippen LogP contribution in [0.5, 0.6) is 0 Å². The number of nitrogens with zero attached hydrogens (tertiary/aromatic N) is 2. The van der Waals surface area contributed by atoms with Crippen LogP contribution in [-0.4, -0.2) is 53.9 Å². The van der Waals surface area contributed by atoms with Crippen LogP contribution in [0, 0.1) is 5.41 Å². The van der Waals surface area contributed by atoms with E-state index in [2.05, 4.69) is 21.9 Å². The molecule has 5 heteroatoms. The van der Waals surface area contributed by atoms with Crippen LogP contribution in [0.4, 0.5) is 0 Å². The van der Waals surface area contributed by atoms with Gasteiger partial charge in [0, 0.05) is 50.5 Å². The van der Waals surface area contributed by atoms with E-state index in [0.29, 0.717) is 38.0 Å². The number of rotatable bonds is 7. The van der Waals surface area contributed by atoms with Gasteiger partial charge in [0.2, 0.25) is 11.8 Å². The van der Waals surface area contributed by atoms with Crippen molar-refractivity contribution < 1.29 is 14.3 Å². The first-order valence-corrected chi connectivity index (χ1v) is 10.8. The summed E-state index contributed by atoms with van der Waals surface area (Å²) in [5, 5.41) is 0. The van der Waals surface area contributed by atoms with Gasteiger partial charge in [-0.05, 0) is 44.1 Å². The van der Waals surface area contributed by atoms with Gasteiger partial charge in [0.1, 0.15) is 0 Å². The fourth-order valence-electron chi connectivity index (χ4n) is 4.76. The van der Waals surface area contributed by atoms with E-state index in [4.69, 9.17) is 4.74 Å². The molecule has 0 unspecified atom stereocenters. The summed E-state index contributed by atoms with van der Waals surface area (Å²) >= 11 is 0. The highest BCUT2D eigenvalue weighted by molar-refractivity contribution is 5.78. The Kier molecular flexibility index (Phi) is 6.00. The third-order valence-corrected chi connectivity index (χ3v) is 6.49. The molecule has 1 spiro atoms. The van der Waals surface area contributed by atoms with E-state index < -0.39 is 0 Å². The average Bonchev–Trinajstić information content (AvgIpc) is 3.56. The van der Waals surface area contributed by atoms with Crippen LogP contribution >= 0.6 is 0 Å². The minimum atomic E-state index is 0.133. The van der Waals surface area contributed by atoms with Crippen molar-refractivity contribution >= 4 is 11.8 Å². The number of hydrogen-bond donors (Lipinski definition) is 0. The third kappa shape index (κ3) is 4.75. The molecule has 0 N–H and O–H groups in total. The van der Waals surface area contributed by atoms with Crippen LogP contribution < -0.4 is 0 Å². The van der Waals surface area contributed by atoms with Crippen molar-refractivity contribution in [2.75, 3.05) is 26.2 Å². The fraction of sp³-hybridized carbons (Fsp3) is 0.652. The SMILES string of the molecule is O=C(CCCOCc1ccccc1)N1CCC[C@@]2(CCC(=O)N(C3CC3)C2)C1. The van der Waals surface area contributed by atoms with E-state index >= 15 is 0 Å². The Morgan fingerprint density at radius 1 is 1.14 bits per heavy atom. The first-order chi connectivity index (χ1) is 13.7. The summed E-state index contributed by atoms with van der Waals surface area (Å²) in [6.07, 6.45) is 7.44. The maximum Gasteiger partial charge on any atom is 0.222 e. The van der Waals surface area contributed by atoms with Crippen molar-refractivity contribution in [1.82, 2.24) is 9.80 Å². The maximum atomic E-state index is 12.7. The molecule has 0 bridgehead atoms. The van der Waals surface area contributed by atoms with Gasteiger partial charge >= 0.3 is 0 Å². The Morgan fingerprint density at radius 3 is 2.75 bits per heavy atom. The molecule has 0 aromatic heterocycles. The van der Waals surface area contributed by atoms with E-state index in [-0.39, 0.29) is 11.3 Å². The molecule has 2 amide bonds. The van der Waals surface area contributed by atoms with Gasteiger partial charge in [0.05, 0.1) is 6.61 Å². The smallest absolute Gasteiger partial charge is 0.222 e. The Morgan fingerprint density at radius 2 is 1.96 bits per heavy atom. The predicted octanol–water partition coefficient (Wildman–Crippen LogP) is 3.38. The first kappa shape index (κ1) is 19.4. The Bertz CT molecular complexity index is 688. The van der Waals surface area contributed by atoms with Gasteiger partial charge in [-0.15, -0.1) is 0 Å². The number of benzene rings is 1. The molecule has 1 saturated carbocycles. The van der Waals surface area contributed by atoms with Crippen LogP contribution in [0.1, 0.15) is 56.9 Å². The molecule has 2 heterocycles. The van der Waals surface area contributed by atoms with E-state index in [0.717, 1.165) is 58.2 Å². The fourth-order valence-corrected chi connectivity index (χ4v) is 4.76. The molecule has 3 fully saturated rings. The van der Waals surface area contributed by atoms with Crippen LogP contribution in [0.2, 0.25) is 0 Å². The lowest BCUT2D eigenvalue weighted by molar-refractivity contribution is -0.143. The molecule has 4 rings (SSSR count). The molecule has 28 heavy (non-hydrogen) atoms. The highest BCUT2D eigenvalue weighted by Crippen LogP contribution is 2.42. The van der Waals surface area contributed by atoms with Crippen molar-refractivity contribution in [2.24, 2.45) is 5.41 Å². The zero-order chi connectivity index (χ0) is 19.4. The van der Waals surface area contributed by atoms with Crippen molar-refractivity contribution in [3.8, 4) is 0 Å². The number of likely N-dealkylation sites (tertiary alicyclic amines) is 2. The molecular formula is C23H32N2O3. The molecule has 2 aliphatic heterocycles. The second-order valence-electron chi connectivity index (χ2n) is 8.81. The van der Waals surface area contributed by atoms with Gasteiger partial charge < -0.3 is 14.5 Å². The van der Waals surface area contributed by atoms with E-state index in [1.807, 2.05) is 18.2 Å². The molecule has 0 radical (unpaired) electrons. The van der Waals surface area contributed by atoms with Gasteiger partial charge in [0.15, 0.2) is 0 Å². The van der Waals surface area contributed by atoms with Crippen molar-refractivity contribution in [3.63, 3.8) is 0 Å². The van der Waals surface area contributed by atoms with Crippen LogP contribution in [0.3, 0.4) is 0 Å². The predicted molar refractivity (Wildman–Crippen MR) is 108 cm³/mol. The Balaban J connectivity index is 1.21. The summed E-state index contributed by atoms with van der Waals surface area (Å²) in [4.78, 5) is 29.2. The molecule has 2 saturated heterocycles. The first-order valence-electron chi connectivity index (χ1n) is 10.8. The summed E-state index contributed by atoms with van der Waals surface area (Å²) in [5.41, 5.74) is 1.30. The average molecular weight is 385 g/mol. The highest BCUT2D eigenvalue weighted by atomic mass is 16.5. The molecule has 1 atom stereocenters. The number of piperidine rings is 2. The van der Waals surface area contributed by atoms with Gasteiger partial charge in [-0.1, -0.05) is 30.3 Å². The Hall–Kier alpha value is -1.88. The minimum absolute atomic E-state index is 0.133. The minimum Gasteiger partial charge on any atom is -0.377 e. The van der Waals surface area contributed by atoms with Gasteiger partial charge in [-0.3, -0.25) is 9.59 Å². The Labute approximate surface area is 168 Å². The summed E-state index contributed by atoms with van der Waals surface area (Å²) < 4.78 is 5.71. The molecule has 5 nitrogen and oxygen atoms in total. The largest absolute Gasteiger partial charge is 0.377 e. The molecular weight excluding hydrogens is 352 g/mol. The van der Waals surface area contributed by atoms with Crippen molar-refractivity contribution in [2.45, 2.75) is 64.0 Å². The summed E-state index contributed by atoms with van der Waals surface area (Å²) in [6.45, 7) is 3.77. The second kappa shape index (κ2) is 8.64. The normalized spacial score (nSPS) is 25.4. The lowest BCUT2D eigenvalue weighted by Gasteiger charge is -2.48. The zero-order valence-electron chi connectivity index (χ0n) is 16.8. The second-order valence-corrected chi connectivity index (χ2v) is 8.81. The molecule has 1 aromatic rings. The molecule has 1 aliphatic carbocycles. The van der Waals surface area contributed by atoms with Crippen LogP contribution in [0.25, 0.3) is 0 Å². The van der Waals surface area contributed by atoms with Gasteiger partial charge in [-0.2, -0.15) is 0 Å². The monoisotopic (exact) mass is 384 g/mol. The number of hydrogen-bond acceptors (Lipinski definition) is 3. The van der Waals surface area contributed by atoms with Crippen LogP contribution in [-0.2, 0) is 20.9 Å². The lowest BCUT2D eigenvalue weighted by atomic mass is 9.73. The van der Waals surface area contributed by atoms with E-state index in [9.17, 15) is 9.59 Å². The van der Waals surface area contributed by atoms with E-state index in [1.54, 1.807) is 0 Å². The maximum absolute atomic E-state index is 12.7. The van der Waals surface area contributed by atoms with Gasteiger partial charge in [0.25, 0.3) is 0 Å². The summed E-state index contributed by atoms with van der Waals surface area (Å²) in [7, 11) is 0. The topological polar surface area (TPSA) is 49.9 Å². The zero-order valence-corrected chi connectivity index (χ0v) is 16.8. The van der Waals surface area contributed by atoms with Gasteiger partial charge in [-0.25, -0.2) is 0 Å². The summed E-state index contributed by atoms with van der Waals surface area (Å²) in [5.74, 6) is 0.574. The van der Waals surface area contributed by atoms with E-state index in [1.165, 1.54) is 5.56 Å². The highest BCUT2D eigenvalue weighted by Gasteiger charge is 2.46. The lowest BCUT2D eigenvalue weighted by Crippen LogP contribution is -2.55. The van der Waals surface area contributed by atoms with Crippen molar-refractivity contribution in [1.29, 1.82) is 0 Å². The molecule has 1 aromatic carbocycles. The standard InChI is InChI=1S/C23H32N2O3/c26-21(8-4-15-28-16-19-6-2-1-3-7-19)24-14-5-12-23(17-24)13-11-22(27)25(18-23)20-9-10-20/h1-3,6-7,20H,4-5,8-18H2/t23-/m1/s1. The quantitative estimate of drug-likeness (QED) is 0.677. The number of ether oxygens (including phenoxy) is 1. The number of carbonyl (C=O) groups is 2. The number of amides is 2. The third-order valence-electron chi connectivity index (χ3n) is 6.49.